The van der Waals surface area contributed by atoms with Gasteiger partial charge in [0.25, 0.3) is 17.4 Å². The minimum atomic E-state index is -1.03. The van der Waals surface area contributed by atoms with Crippen LogP contribution in [0.5, 0.6) is 0 Å². The number of aromatic nitrogens is 3. The van der Waals surface area contributed by atoms with Crippen LogP contribution >= 0.6 is 0 Å². The number of carbonyl (C=O) groups is 2. The molecule has 4 rings (SSSR count). The van der Waals surface area contributed by atoms with Crippen molar-refractivity contribution in [2.24, 2.45) is 0 Å². The highest BCUT2D eigenvalue weighted by Gasteiger charge is 2.14. The Morgan fingerprint density at radius 1 is 0.949 bits per heavy atom. The van der Waals surface area contributed by atoms with E-state index in [1.54, 1.807) is 18.2 Å². The minimum Gasteiger partial charge on any atom is -0.352 e. The molecule has 0 aliphatic carbocycles. The molecular formula is C28H28F2N6O3. The van der Waals surface area contributed by atoms with E-state index in [4.69, 9.17) is 0 Å². The maximum absolute atomic E-state index is 13.5. The summed E-state index contributed by atoms with van der Waals surface area (Å²) in [7, 11) is 3.95. The molecule has 0 spiro atoms. The number of hydrogen-bond donors (Lipinski definition) is 2. The number of hydrogen-bond acceptors (Lipinski definition) is 6. The molecule has 0 saturated heterocycles. The van der Waals surface area contributed by atoms with E-state index in [2.05, 4.69) is 20.6 Å². The number of fused-ring (bicyclic) bond motifs is 1. The summed E-state index contributed by atoms with van der Waals surface area (Å²) in [5.74, 6) is -2.85. The number of nitrogens with zero attached hydrogens (tertiary/aromatic N) is 4. The summed E-state index contributed by atoms with van der Waals surface area (Å²) in [6.07, 6.45) is 4.75. The highest BCUT2D eigenvalue weighted by molar-refractivity contribution is 5.97. The molecule has 0 saturated carbocycles. The van der Waals surface area contributed by atoms with Crippen LogP contribution in [-0.2, 0) is 13.1 Å². The van der Waals surface area contributed by atoms with Crippen LogP contribution < -0.4 is 16.2 Å². The van der Waals surface area contributed by atoms with Gasteiger partial charge in [-0.3, -0.25) is 23.9 Å². The number of rotatable bonds is 10. The summed E-state index contributed by atoms with van der Waals surface area (Å²) in [6, 6.07) is 10.5. The van der Waals surface area contributed by atoms with Crippen LogP contribution in [0.1, 0.15) is 38.3 Å². The van der Waals surface area contributed by atoms with Crippen molar-refractivity contribution in [3.8, 4) is 0 Å². The second-order valence-electron chi connectivity index (χ2n) is 9.34. The molecule has 9 nitrogen and oxygen atoms in total. The molecule has 0 fully saturated rings. The molecule has 2 aromatic heterocycles. The predicted octanol–water partition coefficient (Wildman–Crippen LogP) is 2.73. The van der Waals surface area contributed by atoms with Crippen LogP contribution in [0.2, 0.25) is 0 Å². The first kappa shape index (κ1) is 27.5. The van der Waals surface area contributed by atoms with Crippen LogP contribution in [0.4, 0.5) is 8.78 Å². The fourth-order valence-electron chi connectivity index (χ4n) is 3.95. The molecule has 39 heavy (non-hydrogen) atoms. The first-order valence-electron chi connectivity index (χ1n) is 12.3. The van der Waals surface area contributed by atoms with Crippen LogP contribution in [-0.4, -0.2) is 58.4 Å². The quantitative estimate of drug-likeness (QED) is 0.303. The average molecular weight is 535 g/mol. The topological polar surface area (TPSA) is 109 Å². The standard InChI is InChI=1S/C28H28F2N6O3/c1-35(2)9-3-8-32-26(37)21-12-20-10-18(5-7-25(20)33-14-21)13-34-27(38)22-15-31-17-36(28(22)39)16-19-4-6-23(29)24(30)11-19/h4-7,10-12,14-15,17H,3,8-9,13,16H2,1-2H3,(H,32,37)(H,34,38). The summed E-state index contributed by atoms with van der Waals surface area (Å²) < 4.78 is 27.9. The SMILES string of the molecule is CN(C)CCCNC(=O)c1cnc2ccc(CNC(=O)c3cncn(Cc4ccc(F)c(F)c4)c3=O)cc2c1. The van der Waals surface area contributed by atoms with Crippen molar-refractivity contribution in [3.05, 3.63) is 105 Å². The zero-order valence-electron chi connectivity index (χ0n) is 21.6. The molecule has 0 radical (unpaired) electrons. The van der Waals surface area contributed by atoms with Crippen LogP contribution in [0.15, 0.2) is 66.0 Å². The summed E-state index contributed by atoms with van der Waals surface area (Å²) in [6.45, 7) is 1.46. The lowest BCUT2D eigenvalue weighted by Gasteiger charge is -2.10. The van der Waals surface area contributed by atoms with Crippen LogP contribution in [0.3, 0.4) is 0 Å². The summed E-state index contributed by atoms with van der Waals surface area (Å²) in [5.41, 5.74) is 1.42. The smallest absolute Gasteiger partial charge is 0.266 e. The molecule has 0 bridgehead atoms. The summed E-state index contributed by atoms with van der Waals surface area (Å²) in [4.78, 5) is 48.5. The average Bonchev–Trinajstić information content (AvgIpc) is 2.92. The number of halogens is 2. The molecule has 2 N–H and O–H groups in total. The molecule has 2 heterocycles. The molecule has 2 amide bonds. The second kappa shape index (κ2) is 12.4. The molecule has 0 atom stereocenters. The molecule has 0 aliphatic rings. The van der Waals surface area contributed by atoms with Crippen molar-refractivity contribution < 1.29 is 18.4 Å². The summed E-state index contributed by atoms with van der Waals surface area (Å²) in [5, 5.41) is 6.32. The van der Waals surface area contributed by atoms with E-state index in [9.17, 15) is 23.2 Å². The number of nitrogens with one attached hydrogen (secondary N) is 2. The van der Waals surface area contributed by atoms with E-state index in [1.165, 1.54) is 18.6 Å². The van der Waals surface area contributed by atoms with Crippen molar-refractivity contribution in [1.29, 1.82) is 0 Å². The monoisotopic (exact) mass is 534 g/mol. The highest BCUT2D eigenvalue weighted by Crippen LogP contribution is 2.16. The van der Waals surface area contributed by atoms with Crippen molar-refractivity contribution >= 4 is 22.7 Å². The van der Waals surface area contributed by atoms with E-state index in [-0.39, 0.29) is 24.6 Å². The van der Waals surface area contributed by atoms with Crippen molar-refractivity contribution in [3.63, 3.8) is 0 Å². The summed E-state index contributed by atoms with van der Waals surface area (Å²) >= 11 is 0. The fourth-order valence-corrected chi connectivity index (χ4v) is 3.95. The molecular weight excluding hydrogens is 506 g/mol. The van der Waals surface area contributed by atoms with Gasteiger partial charge in [-0.05, 0) is 68.5 Å². The lowest BCUT2D eigenvalue weighted by molar-refractivity contribution is 0.0942. The third kappa shape index (κ3) is 7.08. The third-order valence-electron chi connectivity index (χ3n) is 6.01. The van der Waals surface area contributed by atoms with Crippen molar-refractivity contribution in [1.82, 2.24) is 30.1 Å². The molecule has 0 unspecified atom stereocenters. The van der Waals surface area contributed by atoms with Gasteiger partial charge in [0.15, 0.2) is 11.6 Å². The molecule has 2 aromatic carbocycles. The van der Waals surface area contributed by atoms with Gasteiger partial charge in [0.2, 0.25) is 0 Å². The Hall–Kier alpha value is -4.51. The first-order valence-corrected chi connectivity index (χ1v) is 12.3. The Balaban J connectivity index is 1.42. The maximum atomic E-state index is 13.5. The van der Waals surface area contributed by atoms with Crippen molar-refractivity contribution in [2.45, 2.75) is 19.5 Å². The number of amides is 2. The van der Waals surface area contributed by atoms with E-state index >= 15 is 0 Å². The Labute approximate surface area is 223 Å². The molecule has 11 heteroatoms. The van der Waals surface area contributed by atoms with Crippen LogP contribution in [0.25, 0.3) is 10.9 Å². The minimum absolute atomic E-state index is 0.0760. The van der Waals surface area contributed by atoms with Gasteiger partial charge in [0.05, 0.1) is 24.0 Å². The number of pyridine rings is 1. The second-order valence-corrected chi connectivity index (χ2v) is 9.34. The van der Waals surface area contributed by atoms with Crippen molar-refractivity contribution in [2.75, 3.05) is 27.2 Å². The van der Waals surface area contributed by atoms with Gasteiger partial charge in [0, 0.05) is 30.9 Å². The van der Waals surface area contributed by atoms with Gasteiger partial charge in [-0.1, -0.05) is 12.1 Å². The van der Waals surface area contributed by atoms with Gasteiger partial charge in [-0.25, -0.2) is 13.8 Å². The number of carbonyl (C=O) groups excluding carboxylic acids is 2. The van der Waals surface area contributed by atoms with Gasteiger partial charge in [-0.15, -0.1) is 0 Å². The maximum Gasteiger partial charge on any atom is 0.266 e. The fraction of sp³-hybridized carbons (Fsp3) is 0.250. The molecule has 4 aromatic rings. The third-order valence-corrected chi connectivity index (χ3v) is 6.01. The van der Waals surface area contributed by atoms with Gasteiger partial charge >= 0.3 is 0 Å². The van der Waals surface area contributed by atoms with Gasteiger partial charge < -0.3 is 15.5 Å². The zero-order valence-corrected chi connectivity index (χ0v) is 21.6. The molecule has 202 valence electrons. The number of benzene rings is 2. The lowest BCUT2D eigenvalue weighted by atomic mass is 10.1. The van der Waals surface area contributed by atoms with E-state index < -0.39 is 23.1 Å². The predicted molar refractivity (Wildman–Crippen MR) is 142 cm³/mol. The Kier molecular flexibility index (Phi) is 8.72. The molecule has 0 aliphatic heterocycles. The van der Waals surface area contributed by atoms with E-state index in [1.807, 2.05) is 25.1 Å². The Morgan fingerprint density at radius 2 is 1.74 bits per heavy atom. The van der Waals surface area contributed by atoms with Crippen LogP contribution in [0, 0.1) is 11.6 Å². The van der Waals surface area contributed by atoms with E-state index in [0.717, 1.165) is 46.8 Å². The van der Waals surface area contributed by atoms with Gasteiger partial charge in [-0.2, -0.15) is 0 Å². The Morgan fingerprint density at radius 3 is 2.51 bits per heavy atom. The largest absolute Gasteiger partial charge is 0.352 e. The first-order chi connectivity index (χ1) is 18.7. The van der Waals surface area contributed by atoms with Gasteiger partial charge in [0.1, 0.15) is 5.56 Å². The lowest BCUT2D eigenvalue weighted by Crippen LogP contribution is -2.33. The Bertz CT molecular complexity index is 1570. The normalized spacial score (nSPS) is 11.1. The highest BCUT2D eigenvalue weighted by atomic mass is 19.2. The zero-order chi connectivity index (χ0) is 27.9. The van der Waals surface area contributed by atoms with E-state index in [0.29, 0.717) is 23.2 Å².